The van der Waals surface area contributed by atoms with Gasteiger partial charge in [0.05, 0.1) is 5.56 Å². The van der Waals surface area contributed by atoms with Crippen LogP contribution in [0.2, 0.25) is 0 Å². The van der Waals surface area contributed by atoms with Crippen LogP contribution >= 0.6 is 15.9 Å². The van der Waals surface area contributed by atoms with Crippen molar-refractivity contribution in [2.75, 3.05) is 11.1 Å². The lowest BCUT2D eigenvalue weighted by molar-refractivity contribution is 0.102. The molecular weight excluding hydrogens is 308 g/mol. The van der Waals surface area contributed by atoms with Crippen LogP contribution in [0.3, 0.4) is 0 Å². The number of aromatic nitrogens is 2. The number of aryl methyl sites for hydroxylation is 2. The van der Waals surface area contributed by atoms with Gasteiger partial charge in [-0.05, 0) is 47.5 Å². The summed E-state index contributed by atoms with van der Waals surface area (Å²) >= 11 is 3.35. The Hall–Kier alpha value is -1.95. The van der Waals surface area contributed by atoms with Crippen LogP contribution in [0.15, 0.2) is 29.0 Å². The molecule has 5 nitrogen and oxygen atoms in total. The Morgan fingerprint density at radius 1 is 1.26 bits per heavy atom. The standard InChI is InChI=1S/C13H13BrN4O/c1-7-3-12(17-6-10(7)14)18-13(19)9-5-16-8(2)4-11(9)15/h3-6H,1-2H3,(H2,15,16)(H,17,18,19). The van der Waals surface area contributed by atoms with Crippen molar-refractivity contribution in [3.05, 3.63) is 45.8 Å². The Morgan fingerprint density at radius 2 is 2.00 bits per heavy atom. The molecule has 0 radical (unpaired) electrons. The van der Waals surface area contributed by atoms with E-state index in [-0.39, 0.29) is 5.91 Å². The largest absolute Gasteiger partial charge is 0.398 e. The second-order valence-electron chi connectivity index (χ2n) is 4.19. The van der Waals surface area contributed by atoms with E-state index >= 15 is 0 Å². The molecule has 0 unspecified atom stereocenters. The summed E-state index contributed by atoms with van der Waals surface area (Å²) in [4.78, 5) is 20.2. The maximum absolute atomic E-state index is 12.1. The third-order valence-corrected chi connectivity index (χ3v) is 3.44. The minimum atomic E-state index is -0.320. The van der Waals surface area contributed by atoms with Crippen LogP contribution in [0.4, 0.5) is 11.5 Å². The van der Waals surface area contributed by atoms with Crippen LogP contribution in [-0.4, -0.2) is 15.9 Å². The molecule has 6 heteroatoms. The number of nitrogens with two attached hydrogens (primary N) is 1. The number of anilines is 2. The number of hydrogen-bond acceptors (Lipinski definition) is 4. The molecule has 2 heterocycles. The number of hydrogen-bond donors (Lipinski definition) is 2. The molecular formula is C13H13BrN4O. The van der Waals surface area contributed by atoms with E-state index in [2.05, 4.69) is 31.2 Å². The van der Waals surface area contributed by atoms with E-state index in [1.807, 2.05) is 13.8 Å². The summed E-state index contributed by atoms with van der Waals surface area (Å²) in [6.45, 7) is 3.74. The van der Waals surface area contributed by atoms with Crippen molar-refractivity contribution in [2.24, 2.45) is 0 Å². The zero-order chi connectivity index (χ0) is 14.0. The minimum absolute atomic E-state index is 0.320. The molecule has 2 aromatic rings. The number of halogens is 1. The van der Waals surface area contributed by atoms with Crippen molar-refractivity contribution in [1.82, 2.24) is 9.97 Å². The zero-order valence-corrected chi connectivity index (χ0v) is 12.2. The van der Waals surface area contributed by atoms with Gasteiger partial charge in [0.15, 0.2) is 0 Å². The van der Waals surface area contributed by atoms with Crippen molar-refractivity contribution in [3.63, 3.8) is 0 Å². The Morgan fingerprint density at radius 3 is 2.63 bits per heavy atom. The van der Waals surface area contributed by atoms with Crippen molar-refractivity contribution in [1.29, 1.82) is 0 Å². The second-order valence-corrected chi connectivity index (χ2v) is 5.04. The van der Waals surface area contributed by atoms with Gasteiger partial charge in [-0.15, -0.1) is 0 Å². The molecule has 2 rings (SSSR count). The Labute approximate surface area is 119 Å². The molecule has 0 aliphatic rings. The summed E-state index contributed by atoms with van der Waals surface area (Å²) in [6, 6.07) is 3.44. The first-order valence-corrected chi connectivity index (χ1v) is 6.42. The number of nitrogens with zero attached hydrogens (tertiary/aromatic N) is 2. The van der Waals surface area contributed by atoms with Gasteiger partial charge in [0.25, 0.3) is 5.91 Å². The highest BCUT2D eigenvalue weighted by molar-refractivity contribution is 9.10. The molecule has 3 N–H and O–H groups in total. The molecule has 0 atom stereocenters. The smallest absolute Gasteiger partial charge is 0.260 e. The van der Waals surface area contributed by atoms with Gasteiger partial charge in [-0.25, -0.2) is 4.98 Å². The maximum atomic E-state index is 12.1. The third-order valence-electron chi connectivity index (χ3n) is 2.61. The van der Waals surface area contributed by atoms with E-state index in [1.54, 1.807) is 18.3 Å². The lowest BCUT2D eigenvalue weighted by Gasteiger charge is -2.08. The summed E-state index contributed by atoms with van der Waals surface area (Å²) in [6.07, 6.45) is 3.10. The Bertz CT molecular complexity index is 643. The normalized spacial score (nSPS) is 10.3. The molecule has 0 saturated heterocycles. The quantitative estimate of drug-likeness (QED) is 0.891. The van der Waals surface area contributed by atoms with Crippen molar-refractivity contribution >= 4 is 33.3 Å². The fourth-order valence-corrected chi connectivity index (χ4v) is 1.78. The van der Waals surface area contributed by atoms with E-state index in [9.17, 15) is 4.79 Å². The number of nitrogen functional groups attached to an aromatic ring is 1. The van der Waals surface area contributed by atoms with Gasteiger partial charge >= 0.3 is 0 Å². The molecule has 2 aromatic heterocycles. The molecule has 19 heavy (non-hydrogen) atoms. The van der Waals surface area contributed by atoms with E-state index in [0.29, 0.717) is 17.1 Å². The van der Waals surface area contributed by atoms with Gasteiger partial charge in [-0.2, -0.15) is 0 Å². The van der Waals surface area contributed by atoms with Crippen LogP contribution in [0.1, 0.15) is 21.6 Å². The van der Waals surface area contributed by atoms with E-state index in [0.717, 1.165) is 15.7 Å². The molecule has 0 fully saturated rings. The highest BCUT2D eigenvalue weighted by Gasteiger charge is 2.11. The van der Waals surface area contributed by atoms with Gasteiger partial charge in [0.2, 0.25) is 0 Å². The third kappa shape index (κ3) is 3.08. The van der Waals surface area contributed by atoms with Crippen molar-refractivity contribution < 1.29 is 4.79 Å². The first-order chi connectivity index (χ1) is 8.97. The lowest BCUT2D eigenvalue weighted by Crippen LogP contribution is -2.15. The number of amides is 1. The van der Waals surface area contributed by atoms with Gasteiger partial charge < -0.3 is 11.1 Å². The number of carbonyl (C=O) groups is 1. The highest BCUT2D eigenvalue weighted by atomic mass is 79.9. The molecule has 98 valence electrons. The summed E-state index contributed by atoms with van der Waals surface area (Å²) < 4.78 is 0.891. The van der Waals surface area contributed by atoms with Crippen molar-refractivity contribution in [2.45, 2.75) is 13.8 Å². The van der Waals surface area contributed by atoms with Crippen LogP contribution in [0, 0.1) is 13.8 Å². The summed E-state index contributed by atoms with van der Waals surface area (Å²) in [5.41, 5.74) is 8.30. The van der Waals surface area contributed by atoms with Crippen LogP contribution < -0.4 is 11.1 Å². The Kier molecular flexibility index (Phi) is 3.80. The zero-order valence-electron chi connectivity index (χ0n) is 10.6. The number of carbonyl (C=O) groups excluding carboxylic acids is 1. The fourth-order valence-electron chi connectivity index (χ4n) is 1.56. The molecule has 0 aromatic carbocycles. The topological polar surface area (TPSA) is 80.9 Å². The van der Waals surface area contributed by atoms with E-state index in [4.69, 9.17) is 5.73 Å². The van der Waals surface area contributed by atoms with Gasteiger partial charge in [0.1, 0.15) is 5.82 Å². The summed E-state index contributed by atoms with van der Waals surface area (Å²) in [5, 5.41) is 2.70. The van der Waals surface area contributed by atoms with Gasteiger partial charge in [-0.1, -0.05) is 0 Å². The first-order valence-electron chi connectivity index (χ1n) is 5.63. The average Bonchev–Trinajstić information content (AvgIpc) is 2.33. The molecule has 1 amide bonds. The number of nitrogens with one attached hydrogen (secondary N) is 1. The van der Waals surface area contributed by atoms with Crippen LogP contribution in [-0.2, 0) is 0 Å². The summed E-state index contributed by atoms with van der Waals surface area (Å²) in [7, 11) is 0. The number of rotatable bonds is 2. The van der Waals surface area contributed by atoms with E-state index in [1.165, 1.54) is 6.20 Å². The van der Waals surface area contributed by atoms with Gasteiger partial charge in [-0.3, -0.25) is 9.78 Å². The van der Waals surface area contributed by atoms with Crippen molar-refractivity contribution in [3.8, 4) is 0 Å². The lowest BCUT2D eigenvalue weighted by atomic mass is 10.2. The predicted molar refractivity (Wildman–Crippen MR) is 78.0 cm³/mol. The van der Waals surface area contributed by atoms with Crippen LogP contribution in [0.5, 0.6) is 0 Å². The molecule has 0 saturated carbocycles. The average molecular weight is 321 g/mol. The maximum Gasteiger partial charge on any atom is 0.260 e. The summed E-state index contributed by atoms with van der Waals surface area (Å²) in [5.74, 6) is 0.157. The predicted octanol–water partition coefficient (Wildman–Crippen LogP) is 2.69. The highest BCUT2D eigenvalue weighted by Crippen LogP contribution is 2.18. The monoisotopic (exact) mass is 320 g/mol. The fraction of sp³-hybridized carbons (Fsp3) is 0.154. The molecule has 0 bridgehead atoms. The SMILES string of the molecule is Cc1cc(N)c(C(=O)Nc2cc(C)c(Br)cn2)cn1. The van der Waals surface area contributed by atoms with E-state index < -0.39 is 0 Å². The second kappa shape index (κ2) is 5.36. The molecule has 0 spiro atoms. The first kappa shape index (κ1) is 13.5. The molecule has 0 aliphatic heterocycles. The Balaban J connectivity index is 2.23. The van der Waals surface area contributed by atoms with Gasteiger partial charge in [0, 0.05) is 28.2 Å². The molecule has 0 aliphatic carbocycles. The number of pyridine rings is 2. The minimum Gasteiger partial charge on any atom is -0.398 e. The van der Waals surface area contributed by atoms with Crippen LogP contribution in [0.25, 0.3) is 0 Å².